The van der Waals surface area contributed by atoms with Crippen molar-refractivity contribution in [3.8, 4) is 5.75 Å². The van der Waals surface area contributed by atoms with Crippen molar-refractivity contribution in [2.45, 2.75) is 45.6 Å². The van der Waals surface area contributed by atoms with Crippen molar-refractivity contribution in [2.24, 2.45) is 0 Å². The molecule has 1 aliphatic heterocycles. The Morgan fingerprint density at radius 1 is 1.32 bits per heavy atom. The summed E-state index contributed by atoms with van der Waals surface area (Å²) in [6.07, 6.45) is 1.31. The molecule has 1 heterocycles. The summed E-state index contributed by atoms with van der Waals surface area (Å²) in [5.74, 6) is -0.356. The Morgan fingerprint density at radius 3 is 2.60 bits per heavy atom. The third-order valence-corrected chi connectivity index (χ3v) is 4.40. The van der Waals surface area contributed by atoms with E-state index in [4.69, 9.17) is 14.6 Å². The standard InChI is InChI=1S/C19H27NO5/c1-13(2)16-5-4-14(3)10-17(16)25-12-18(21)20(11-19(22)23)15-6-8-24-9-7-15/h4-5,10,13,15H,6-9,11-12H2,1-3H3,(H,22,23). The number of carboxylic acids is 1. The zero-order chi connectivity index (χ0) is 18.4. The fraction of sp³-hybridized carbons (Fsp3) is 0.579. The predicted octanol–water partition coefficient (Wildman–Crippen LogP) is 2.59. The lowest BCUT2D eigenvalue weighted by molar-refractivity contribution is -0.148. The van der Waals surface area contributed by atoms with Gasteiger partial charge in [0.15, 0.2) is 6.61 Å². The second-order valence-electron chi connectivity index (χ2n) is 6.74. The monoisotopic (exact) mass is 349 g/mol. The minimum atomic E-state index is -1.02. The summed E-state index contributed by atoms with van der Waals surface area (Å²) in [6.45, 7) is 6.73. The summed E-state index contributed by atoms with van der Waals surface area (Å²) in [5, 5.41) is 9.14. The molecule has 0 aliphatic carbocycles. The Morgan fingerprint density at radius 2 is 2.00 bits per heavy atom. The topological polar surface area (TPSA) is 76.1 Å². The molecule has 0 unspecified atom stereocenters. The fourth-order valence-corrected chi connectivity index (χ4v) is 3.03. The molecule has 0 atom stereocenters. The summed E-state index contributed by atoms with van der Waals surface area (Å²) in [7, 11) is 0. The molecule has 138 valence electrons. The van der Waals surface area contributed by atoms with E-state index in [-0.39, 0.29) is 31.0 Å². The molecule has 25 heavy (non-hydrogen) atoms. The zero-order valence-electron chi connectivity index (χ0n) is 15.2. The quantitative estimate of drug-likeness (QED) is 0.819. The number of carboxylic acid groups (broad SMARTS) is 1. The molecule has 1 aliphatic rings. The van der Waals surface area contributed by atoms with Crippen molar-refractivity contribution < 1.29 is 24.2 Å². The summed E-state index contributed by atoms with van der Waals surface area (Å²) in [5.41, 5.74) is 2.09. The number of carbonyl (C=O) groups excluding carboxylic acids is 1. The van der Waals surface area contributed by atoms with E-state index in [1.807, 2.05) is 25.1 Å². The van der Waals surface area contributed by atoms with Gasteiger partial charge in [0.1, 0.15) is 12.3 Å². The molecule has 1 aromatic carbocycles. The van der Waals surface area contributed by atoms with Crippen molar-refractivity contribution >= 4 is 11.9 Å². The van der Waals surface area contributed by atoms with Crippen LogP contribution in [-0.2, 0) is 14.3 Å². The van der Waals surface area contributed by atoms with E-state index in [1.165, 1.54) is 4.90 Å². The molecule has 1 saturated heterocycles. The third kappa shape index (κ3) is 5.46. The fourth-order valence-electron chi connectivity index (χ4n) is 3.03. The first-order valence-electron chi connectivity index (χ1n) is 8.71. The van der Waals surface area contributed by atoms with Crippen LogP contribution in [0.2, 0.25) is 0 Å². The smallest absolute Gasteiger partial charge is 0.323 e. The minimum absolute atomic E-state index is 0.108. The number of hydrogen-bond donors (Lipinski definition) is 1. The number of ether oxygens (including phenoxy) is 2. The second-order valence-corrected chi connectivity index (χ2v) is 6.74. The molecule has 1 fully saturated rings. The van der Waals surface area contributed by atoms with Crippen molar-refractivity contribution in [2.75, 3.05) is 26.4 Å². The van der Waals surface area contributed by atoms with Crippen LogP contribution >= 0.6 is 0 Å². The lowest BCUT2D eigenvalue weighted by Gasteiger charge is -2.33. The Balaban J connectivity index is 2.07. The van der Waals surface area contributed by atoms with Gasteiger partial charge in [-0.25, -0.2) is 0 Å². The number of benzene rings is 1. The summed E-state index contributed by atoms with van der Waals surface area (Å²) in [6, 6.07) is 5.83. The second kappa shape index (κ2) is 8.85. The Labute approximate surface area is 148 Å². The Kier molecular flexibility index (Phi) is 6.82. The number of aliphatic carboxylic acids is 1. The van der Waals surface area contributed by atoms with E-state index < -0.39 is 5.97 Å². The maximum absolute atomic E-state index is 12.6. The Hall–Kier alpha value is -2.08. The predicted molar refractivity (Wildman–Crippen MR) is 94.0 cm³/mol. The van der Waals surface area contributed by atoms with Crippen LogP contribution in [0.15, 0.2) is 18.2 Å². The number of hydrogen-bond acceptors (Lipinski definition) is 4. The number of nitrogens with zero attached hydrogens (tertiary/aromatic N) is 1. The van der Waals surface area contributed by atoms with Gasteiger partial charge in [0.25, 0.3) is 5.91 Å². The normalized spacial score (nSPS) is 15.2. The molecule has 2 rings (SSSR count). The van der Waals surface area contributed by atoms with E-state index in [0.29, 0.717) is 31.8 Å². The van der Waals surface area contributed by atoms with E-state index in [2.05, 4.69) is 13.8 Å². The van der Waals surface area contributed by atoms with Crippen LogP contribution < -0.4 is 4.74 Å². The molecule has 6 nitrogen and oxygen atoms in total. The highest BCUT2D eigenvalue weighted by Gasteiger charge is 2.28. The summed E-state index contributed by atoms with van der Waals surface area (Å²) < 4.78 is 11.1. The lowest BCUT2D eigenvalue weighted by atomic mass is 10.0. The molecular weight excluding hydrogens is 322 g/mol. The molecule has 1 aromatic rings. The van der Waals surface area contributed by atoms with Crippen molar-refractivity contribution in [3.05, 3.63) is 29.3 Å². The van der Waals surface area contributed by atoms with Gasteiger partial charge in [0.05, 0.1) is 0 Å². The van der Waals surface area contributed by atoms with Gasteiger partial charge in [0.2, 0.25) is 0 Å². The van der Waals surface area contributed by atoms with Crippen LogP contribution in [0.4, 0.5) is 0 Å². The summed E-state index contributed by atoms with van der Waals surface area (Å²) in [4.78, 5) is 25.2. The van der Waals surface area contributed by atoms with Crippen LogP contribution in [0, 0.1) is 6.92 Å². The van der Waals surface area contributed by atoms with Crippen LogP contribution in [0.25, 0.3) is 0 Å². The SMILES string of the molecule is Cc1ccc(C(C)C)c(OCC(=O)N(CC(=O)O)C2CCOCC2)c1. The lowest BCUT2D eigenvalue weighted by Crippen LogP contribution is -2.47. The maximum atomic E-state index is 12.6. The maximum Gasteiger partial charge on any atom is 0.323 e. The highest BCUT2D eigenvalue weighted by molar-refractivity contribution is 5.82. The molecule has 1 N–H and O–H groups in total. The number of carbonyl (C=O) groups is 2. The molecule has 0 spiro atoms. The number of amides is 1. The van der Waals surface area contributed by atoms with Gasteiger partial charge in [0, 0.05) is 19.3 Å². The van der Waals surface area contributed by atoms with Gasteiger partial charge in [-0.3, -0.25) is 9.59 Å². The average Bonchev–Trinajstić information content (AvgIpc) is 2.58. The first kappa shape index (κ1) is 19.2. The largest absolute Gasteiger partial charge is 0.483 e. The highest BCUT2D eigenvalue weighted by atomic mass is 16.5. The van der Waals surface area contributed by atoms with E-state index in [1.54, 1.807) is 0 Å². The highest BCUT2D eigenvalue weighted by Crippen LogP contribution is 2.27. The molecule has 6 heteroatoms. The average molecular weight is 349 g/mol. The summed E-state index contributed by atoms with van der Waals surface area (Å²) >= 11 is 0. The van der Waals surface area contributed by atoms with Crippen LogP contribution in [0.3, 0.4) is 0 Å². The van der Waals surface area contributed by atoms with E-state index in [9.17, 15) is 9.59 Å². The molecule has 0 saturated carbocycles. The number of rotatable bonds is 7. The molecule has 0 radical (unpaired) electrons. The van der Waals surface area contributed by atoms with Crippen LogP contribution in [-0.4, -0.2) is 54.3 Å². The van der Waals surface area contributed by atoms with Gasteiger partial charge < -0.3 is 19.5 Å². The van der Waals surface area contributed by atoms with Gasteiger partial charge in [-0.2, -0.15) is 0 Å². The Bertz CT molecular complexity index is 608. The minimum Gasteiger partial charge on any atom is -0.483 e. The van der Waals surface area contributed by atoms with Gasteiger partial charge >= 0.3 is 5.97 Å². The molecule has 0 bridgehead atoms. The first-order valence-corrected chi connectivity index (χ1v) is 8.71. The third-order valence-electron chi connectivity index (χ3n) is 4.40. The zero-order valence-corrected chi connectivity index (χ0v) is 15.2. The molecule has 0 aromatic heterocycles. The van der Waals surface area contributed by atoms with Crippen LogP contribution in [0.1, 0.15) is 43.7 Å². The number of aryl methyl sites for hydroxylation is 1. The van der Waals surface area contributed by atoms with E-state index in [0.717, 1.165) is 11.1 Å². The van der Waals surface area contributed by atoms with Crippen molar-refractivity contribution in [1.82, 2.24) is 4.90 Å². The van der Waals surface area contributed by atoms with Gasteiger partial charge in [-0.15, -0.1) is 0 Å². The first-order chi connectivity index (χ1) is 11.9. The van der Waals surface area contributed by atoms with Crippen molar-refractivity contribution in [3.63, 3.8) is 0 Å². The van der Waals surface area contributed by atoms with E-state index >= 15 is 0 Å². The molecular formula is C19H27NO5. The van der Waals surface area contributed by atoms with Crippen molar-refractivity contribution in [1.29, 1.82) is 0 Å². The van der Waals surface area contributed by atoms with Gasteiger partial charge in [-0.1, -0.05) is 26.0 Å². The van der Waals surface area contributed by atoms with Gasteiger partial charge in [-0.05, 0) is 42.9 Å². The molecule has 1 amide bonds. The van der Waals surface area contributed by atoms with Crippen LogP contribution in [0.5, 0.6) is 5.75 Å².